The molecule has 3 amide bonds. The number of para-hydroxylation sites is 1. The molecule has 0 spiro atoms. The first-order valence-corrected chi connectivity index (χ1v) is 12.6. The van der Waals surface area contributed by atoms with Gasteiger partial charge in [0.1, 0.15) is 5.75 Å². The number of nitrogens with zero attached hydrogens (tertiary/aromatic N) is 1. The van der Waals surface area contributed by atoms with Gasteiger partial charge in [0.2, 0.25) is 0 Å². The average Bonchev–Trinajstić information content (AvgIpc) is 3.07. The SMILES string of the molecule is Cc1ccccc1NC(=O)COc1ccc(/C=C2\SC(=O)N(Cc3cccc(Cl)c3)C2=O)cc1Br. The summed E-state index contributed by atoms with van der Waals surface area (Å²) < 4.78 is 6.26. The van der Waals surface area contributed by atoms with E-state index in [9.17, 15) is 14.4 Å². The maximum absolute atomic E-state index is 12.8. The summed E-state index contributed by atoms with van der Waals surface area (Å²) in [5, 5.41) is 3.03. The van der Waals surface area contributed by atoms with Crippen LogP contribution in [0.15, 0.2) is 76.1 Å². The first-order valence-electron chi connectivity index (χ1n) is 10.6. The van der Waals surface area contributed by atoms with E-state index in [2.05, 4.69) is 21.2 Å². The largest absolute Gasteiger partial charge is 0.483 e. The molecule has 0 radical (unpaired) electrons. The van der Waals surface area contributed by atoms with Crippen molar-refractivity contribution in [2.75, 3.05) is 11.9 Å². The van der Waals surface area contributed by atoms with E-state index < -0.39 is 0 Å². The second-order valence-electron chi connectivity index (χ2n) is 7.74. The Balaban J connectivity index is 1.39. The minimum absolute atomic E-state index is 0.156. The van der Waals surface area contributed by atoms with E-state index in [0.29, 0.717) is 25.7 Å². The lowest BCUT2D eigenvalue weighted by Gasteiger charge is -2.12. The lowest BCUT2D eigenvalue weighted by Crippen LogP contribution is -2.27. The standard InChI is InChI=1S/C26H20BrClN2O4S/c1-16-5-2-3-8-21(16)29-24(31)15-34-22-10-9-17(12-20(22)27)13-23-25(32)30(26(33)35-23)14-18-6-4-7-19(28)11-18/h2-13H,14-15H2,1H3,(H,29,31)/b23-13-. The zero-order valence-corrected chi connectivity index (χ0v) is 21.7. The van der Waals surface area contributed by atoms with E-state index in [1.165, 1.54) is 4.90 Å². The van der Waals surface area contributed by atoms with Crippen molar-refractivity contribution in [3.05, 3.63) is 97.8 Å². The maximum Gasteiger partial charge on any atom is 0.293 e. The molecule has 178 valence electrons. The van der Waals surface area contributed by atoms with Crippen LogP contribution < -0.4 is 10.1 Å². The van der Waals surface area contributed by atoms with Crippen LogP contribution in [-0.2, 0) is 16.1 Å². The molecule has 0 aromatic heterocycles. The molecular formula is C26H20BrClN2O4S. The number of benzene rings is 3. The van der Waals surface area contributed by atoms with Gasteiger partial charge in [-0.25, -0.2) is 0 Å². The van der Waals surface area contributed by atoms with Gasteiger partial charge in [0.15, 0.2) is 6.61 Å². The van der Waals surface area contributed by atoms with Gasteiger partial charge in [-0.3, -0.25) is 19.3 Å². The van der Waals surface area contributed by atoms with Gasteiger partial charge in [-0.2, -0.15) is 0 Å². The van der Waals surface area contributed by atoms with Gasteiger partial charge in [-0.05, 0) is 87.7 Å². The number of amides is 3. The third kappa shape index (κ3) is 6.33. The lowest BCUT2D eigenvalue weighted by atomic mass is 10.2. The van der Waals surface area contributed by atoms with Crippen LogP contribution in [0.25, 0.3) is 6.08 Å². The molecular weight excluding hydrogens is 552 g/mol. The fourth-order valence-electron chi connectivity index (χ4n) is 3.37. The van der Waals surface area contributed by atoms with Crippen LogP contribution in [0.4, 0.5) is 10.5 Å². The quantitative estimate of drug-likeness (QED) is 0.321. The van der Waals surface area contributed by atoms with E-state index >= 15 is 0 Å². The van der Waals surface area contributed by atoms with E-state index in [0.717, 1.165) is 28.6 Å². The molecule has 9 heteroatoms. The van der Waals surface area contributed by atoms with E-state index in [1.54, 1.807) is 42.5 Å². The zero-order valence-electron chi connectivity index (χ0n) is 18.6. The third-order valence-corrected chi connectivity index (χ3v) is 6.90. The number of aryl methyl sites for hydroxylation is 1. The molecule has 3 aromatic rings. The summed E-state index contributed by atoms with van der Waals surface area (Å²) in [7, 11) is 0. The van der Waals surface area contributed by atoms with E-state index in [4.69, 9.17) is 16.3 Å². The van der Waals surface area contributed by atoms with Crippen LogP contribution in [-0.4, -0.2) is 28.6 Å². The molecule has 0 unspecified atom stereocenters. The molecule has 35 heavy (non-hydrogen) atoms. The number of carbonyl (C=O) groups excluding carboxylic acids is 3. The Morgan fingerprint density at radius 2 is 1.91 bits per heavy atom. The number of hydrogen-bond acceptors (Lipinski definition) is 5. The van der Waals surface area contributed by atoms with Gasteiger partial charge in [0.05, 0.1) is 15.9 Å². The molecule has 0 saturated carbocycles. The fraction of sp³-hybridized carbons (Fsp3) is 0.115. The molecule has 1 aliphatic heterocycles. The Kier molecular flexibility index (Phi) is 7.95. The van der Waals surface area contributed by atoms with Crippen molar-refractivity contribution in [3.8, 4) is 5.75 Å². The predicted octanol–water partition coefficient (Wildman–Crippen LogP) is 6.66. The number of rotatable bonds is 7. The molecule has 1 heterocycles. The number of anilines is 1. The van der Waals surface area contributed by atoms with Crippen LogP contribution in [0.3, 0.4) is 0 Å². The number of imide groups is 1. The average molecular weight is 572 g/mol. The van der Waals surface area contributed by atoms with Crippen molar-refractivity contribution in [2.45, 2.75) is 13.5 Å². The molecule has 1 fully saturated rings. The summed E-state index contributed by atoms with van der Waals surface area (Å²) in [6.45, 7) is 1.91. The molecule has 0 aliphatic carbocycles. The number of ether oxygens (including phenoxy) is 1. The zero-order chi connectivity index (χ0) is 24.9. The smallest absolute Gasteiger partial charge is 0.293 e. The molecule has 3 aromatic carbocycles. The van der Waals surface area contributed by atoms with E-state index in [1.807, 2.05) is 37.3 Å². The summed E-state index contributed by atoms with van der Waals surface area (Å²) in [5.41, 5.74) is 3.18. The molecule has 1 N–H and O–H groups in total. The minimum atomic E-state index is -0.357. The fourth-order valence-corrected chi connectivity index (χ4v) is 4.93. The predicted molar refractivity (Wildman–Crippen MR) is 142 cm³/mol. The van der Waals surface area contributed by atoms with Crippen molar-refractivity contribution < 1.29 is 19.1 Å². The number of nitrogens with one attached hydrogen (secondary N) is 1. The number of thioether (sulfide) groups is 1. The third-order valence-electron chi connectivity index (χ3n) is 5.13. The highest BCUT2D eigenvalue weighted by atomic mass is 79.9. The Morgan fingerprint density at radius 1 is 1.11 bits per heavy atom. The van der Waals surface area contributed by atoms with Crippen molar-refractivity contribution in [2.24, 2.45) is 0 Å². The topological polar surface area (TPSA) is 75.7 Å². The highest BCUT2D eigenvalue weighted by Gasteiger charge is 2.35. The Hall–Kier alpha value is -3.07. The molecule has 6 nitrogen and oxygen atoms in total. The molecule has 0 atom stereocenters. The monoisotopic (exact) mass is 570 g/mol. The second-order valence-corrected chi connectivity index (χ2v) is 10.0. The lowest BCUT2D eigenvalue weighted by molar-refractivity contribution is -0.123. The van der Waals surface area contributed by atoms with Gasteiger partial charge in [-0.15, -0.1) is 0 Å². The van der Waals surface area contributed by atoms with Crippen LogP contribution in [0.2, 0.25) is 5.02 Å². The maximum atomic E-state index is 12.8. The van der Waals surface area contributed by atoms with Crippen molar-refractivity contribution in [3.63, 3.8) is 0 Å². The van der Waals surface area contributed by atoms with Crippen LogP contribution in [0.1, 0.15) is 16.7 Å². The molecule has 1 aliphatic rings. The molecule has 0 bridgehead atoms. The highest BCUT2D eigenvalue weighted by molar-refractivity contribution is 9.10. The Bertz CT molecular complexity index is 1340. The summed E-state index contributed by atoms with van der Waals surface area (Å²) in [4.78, 5) is 39.0. The van der Waals surface area contributed by atoms with Crippen LogP contribution >= 0.6 is 39.3 Å². The number of carbonyl (C=O) groups is 3. The first-order chi connectivity index (χ1) is 16.8. The molecule has 1 saturated heterocycles. The molecule has 4 rings (SSSR count). The normalized spacial score (nSPS) is 14.5. The summed E-state index contributed by atoms with van der Waals surface area (Å²) in [6.07, 6.45) is 1.66. The summed E-state index contributed by atoms with van der Waals surface area (Å²) in [6, 6.07) is 19.8. The van der Waals surface area contributed by atoms with E-state index in [-0.39, 0.29) is 30.2 Å². The van der Waals surface area contributed by atoms with Crippen molar-refractivity contribution in [1.82, 2.24) is 4.90 Å². The van der Waals surface area contributed by atoms with Gasteiger partial charge in [0, 0.05) is 10.7 Å². The van der Waals surface area contributed by atoms with Gasteiger partial charge in [0.25, 0.3) is 17.1 Å². The van der Waals surface area contributed by atoms with Crippen molar-refractivity contribution >= 4 is 68.1 Å². The summed E-state index contributed by atoms with van der Waals surface area (Å²) in [5.74, 6) is -0.149. The highest BCUT2D eigenvalue weighted by Crippen LogP contribution is 2.35. The van der Waals surface area contributed by atoms with Crippen LogP contribution in [0.5, 0.6) is 5.75 Å². The minimum Gasteiger partial charge on any atom is -0.483 e. The van der Waals surface area contributed by atoms with Crippen molar-refractivity contribution in [1.29, 1.82) is 0 Å². The summed E-state index contributed by atoms with van der Waals surface area (Å²) >= 11 is 10.3. The van der Waals surface area contributed by atoms with Gasteiger partial charge in [-0.1, -0.05) is 48.0 Å². The van der Waals surface area contributed by atoms with Gasteiger partial charge >= 0.3 is 0 Å². The first kappa shape index (κ1) is 25.0. The second kappa shape index (κ2) is 11.1. The Labute approximate surface area is 220 Å². The Morgan fingerprint density at radius 3 is 2.66 bits per heavy atom. The van der Waals surface area contributed by atoms with Gasteiger partial charge < -0.3 is 10.1 Å². The number of hydrogen-bond donors (Lipinski definition) is 1. The van der Waals surface area contributed by atoms with Crippen LogP contribution in [0, 0.1) is 6.92 Å². The number of halogens is 2.